The largest absolute Gasteiger partial charge is 0.393 e. The van der Waals surface area contributed by atoms with E-state index in [9.17, 15) is 4.79 Å². The molecule has 0 unspecified atom stereocenters. The second kappa shape index (κ2) is 9.32. The second-order valence-electron chi connectivity index (χ2n) is 3.97. The molecule has 0 spiro atoms. The summed E-state index contributed by atoms with van der Waals surface area (Å²) in [6, 6.07) is 0. The number of likely N-dealkylation sites (N-methyl/N-ethyl adjacent to an activating group) is 2. The molecule has 0 atom stereocenters. The third-order valence-corrected chi connectivity index (χ3v) is 2.55. The molecule has 0 bridgehead atoms. The maximum atomic E-state index is 11.8. The van der Waals surface area contributed by atoms with E-state index in [-0.39, 0.29) is 5.91 Å². The number of carbonyl (C=O) groups excluding carboxylic acids is 1. The molecule has 5 nitrogen and oxygen atoms in total. The van der Waals surface area contributed by atoms with E-state index in [0.717, 1.165) is 6.54 Å². The summed E-state index contributed by atoms with van der Waals surface area (Å²) in [4.78, 5) is 15.8. The van der Waals surface area contributed by atoms with E-state index < -0.39 is 0 Å². The fourth-order valence-corrected chi connectivity index (χ4v) is 1.29. The number of thiocarbonyl (C=S) groups is 1. The van der Waals surface area contributed by atoms with Crippen LogP contribution in [0.2, 0.25) is 0 Å². The van der Waals surface area contributed by atoms with Crippen molar-refractivity contribution in [3.05, 3.63) is 0 Å². The molecule has 0 aliphatic carbocycles. The molecule has 17 heavy (non-hydrogen) atoms. The molecule has 0 fully saturated rings. The molecule has 0 aromatic carbocycles. The van der Waals surface area contributed by atoms with Gasteiger partial charge in [0.1, 0.15) is 0 Å². The molecule has 0 aromatic rings. The first kappa shape index (κ1) is 16.3. The van der Waals surface area contributed by atoms with Crippen LogP contribution in [0.1, 0.15) is 13.3 Å². The third-order valence-electron chi connectivity index (χ3n) is 2.35. The molecule has 0 heterocycles. The van der Waals surface area contributed by atoms with Crippen LogP contribution in [0.25, 0.3) is 0 Å². The van der Waals surface area contributed by atoms with Crippen LogP contribution < -0.4 is 5.73 Å². The Morgan fingerprint density at radius 3 is 2.53 bits per heavy atom. The summed E-state index contributed by atoms with van der Waals surface area (Å²) in [7, 11) is 3.66. The highest BCUT2D eigenvalue weighted by molar-refractivity contribution is 7.80. The average Bonchev–Trinajstić information content (AvgIpc) is 2.26. The van der Waals surface area contributed by atoms with Crippen LogP contribution in [-0.4, -0.2) is 67.6 Å². The number of hydrogen-bond donors (Lipinski definition) is 1. The summed E-state index contributed by atoms with van der Waals surface area (Å²) in [6.07, 6.45) is 0.570. The van der Waals surface area contributed by atoms with E-state index in [1.807, 2.05) is 18.9 Å². The average molecular weight is 261 g/mol. The Morgan fingerprint density at radius 1 is 1.35 bits per heavy atom. The van der Waals surface area contributed by atoms with E-state index >= 15 is 0 Å². The number of ether oxygens (including phenoxy) is 1. The predicted molar refractivity (Wildman–Crippen MR) is 73.0 cm³/mol. The van der Waals surface area contributed by atoms with Gasteiger partial charge in [0.25, 0.3) is 0 Å². The van der Waals surface area contributed by atoms with Crippen molar-refractivity contribution in [2.45, 2.75) is 13.3 Å². The quantitative estimate of drug-likeness (QED) is 0.471. The molecular weight excluding hydrogens is 238 g/mol. The Balaban J connectivity index is 3.78. The van der Waals surface area contributed by atoms with E-state index in [0.29, 0.717) is 37.7 Å². The van der Waals surface area contributed by atoms with Crippen LogP contribution in [0.3, 0.4) is 0 Å². The van der Waals surface area contributed by atoms with Gasteiger partial charge in [0.15, 0.2) is 0 Å². The lowest BCUT2D eigenvalue weighted by Crippen LogP contribution is -2.39. The summed E-state index contributed by atoms with van der Waals surface area (Å²) in [5, 5.41) is 0. The van der Waals surface area contributed by atoms with Crippen molar-refractivity contribution in [3.8, 4) is 0 Å². The maximum Gasteiger partial charge on any atom is 0.236 e. The van der Waals surface area contributed by atoms with E-state index in [1.54, 1.807) is 11.9 Å². The summed E-state index contributed by atoms with van der Waals surface area (Å²) in [6.45, 7) is 5.03. The van der Waals surface area contributed by atoms with Crippen molar-refractivity contribution < 1.29 is 9.53 Å². The number of nitrogens with two attached hydrogens (primary N) is 1. The summed E-state index contributed by atoms with van der Waals surface area (Å²) in [5.41, 5.74) is 5.39. The second-order valence-corrected chi connectivity index (χ2v) is 4.49. The minimum absolute atomic E-state index is 0.0697. The fourth-order valence-electron chi connectivity index (χ4n) is 1.20. The van der Waals surface area contributed by atoms with Gasteiger partial charge in [-0.1, -0.05) is 12.2 Å². The summed E-state index contributed by atoms with van der Waals surface area (Å²) >= 11 is 4.77. The number of amides is 1. The molecule has 0 aliphatic rings. The minimum Gasteiger partial charge on any atom is -0.393 e. The smallest absolute Gasteiger partial charge is 0.236 e. The standard InChI is InChI=1S/C11H23N3O2S/c1-4-16-8-7-13(2)9-11(15)14(3)6-5-10(12)17/h4-9H2,1-3H3,(H2,12,17). The Labute approximate surface area is 109 Å². The number of rotatable bonds is 9. The number of carbonyl (C=O) groups is 1. The Hall–Kier alpha value is -0.720. The Morgan fingerprint density at radius 2 is 2.00 bits per heavy atom. The van der Waals surface area contributed by atoms with Gasteiger partial charge >= 0.3 is 0 Å². The molecule has 0 radical (unpaired) electrons. The lowest BCUT2D eigenvalue weighted by atomic mass is 10.3. The zero-order valence-electron chi connectivity index (χ0n) is 10.9. The SMILES string of the molecule is CCOCCN(C)CC(=O)N(C)CCC(N)=S. The van der Waals surface area contributed by atoms with E-state index in [2.05, 4.69) is 0 Å². The predicted octanol–water partition coefficient (Wildman–Crippen LogP) is 0.0893. The zero-order valence-corrected chi connectivity index (χ0v) is 11.8. The highest BCUT2D eigenvalue weighted by Crippen LogP contribution is 1.92. The lowest BCUT2D eigenvalue weighted by molar-refractivity contribution is -0.130. The zero-order chi connectivity index (χ0) is 13.3. The first-order chi connectivity index (χ1) is 7.97. The van der Waals surface area contributed by atoms with Crippen LogP contribution >= 0.6 is 12.2 Å². The highest BCUT2D eigenvalue weighted by Gasteiger charge is 2.11. The van der Waals surface area contributed by atoms with Gasteiger partial charge in [-0.05, 0) is 14.0 Å². The summed E-state index contributed by atoms with van der Waals surface area (Å²) in [5.74, 6) is 0.0697. The molecule has 2 N–H and O–H groups in total. The fraction of sp³-hybridized carbons (Fsp3) is 0.818. The Bertz CT molecular complexity index is 249. The molecule has 0 aromatic heterocycles. The first-order valence-electron chi connectivity index (χ1n) is 5.76. The lowest BCUT2D eigenvalue weighted by Gasteiger charge is -2.21. The maximum absolute atomic E-state index is 11.8. The molecule has 0 saturated heterocycles. The highest BCUT2D eigenvalue weighted by atomic mass is 32.1. The molecule has 0 aliphatic heterocycles. The van der Waals surface area contributed by atoms with Crippen molar-refractivity contribution in [2.75, 3.05) is 46.9 Å². The summed E-state index contributed by atoms with van der Waals surface area (Å²) < 4.78 is 5.22. The number of hydrogen-bond acceptors (Lipinski definition) is 4. The van der Waals surface area contributed by atoms with Crippen LogP contribution in [0.5, 0.6) is 0 Å². The van der Waals surface area contributed by atoms with Crippen LogP contribution in [0.4, 0.5) is 0 Å². The third kappa shape index (κ3) is 9.02. The van der Waals surface area contributed by atoms with Gasteiger partial charge in [0.2, 0.25) is 5.91 Å². The molecule has 6 heteroatoms. The minimum atomic E-state index is 0.0697. The number of nitrogens with zero attached hydrogens (tertiary/aromatic N) is 2. The van der Waals surface area contributed by atoms with Crippen molar-refractivity contribution in [1.29, 1.82) is 0 Å². The van der Waals surface area contributed by atoms with E-state index in [1.165, 1.54) is 0 Å². The van der Waals surface area contributed by atoms with Gasteiger partial charge < -0.3 is 15.4 Å². The van der Waals surface area contributed by atoms with Crippen molar-refractivity contribution in [3.63, 3.8) is 0 Å². The van der Waals surface area contributed by atoms with Gasteiger partial charge in [-0.2, -0.15) is 0 Å². The first-order valence-corrected chi connectivity index (χ1v) is 6.16. The van der Waals surface area contributed by atoms with Crippen molar-refractivity contribution in [1.82, 2.24) is 9.80 Å². The normalized spacial score (nSPS) is 10.6. The monoisotopic (exact) mass is 261 g/mol. The van der Waals surface area contributed by atoms with Gasteiger partial charge in [-0.3, -0.25) is 9.69 Å². The van der Waals surface area contributed by atoms with Gasteiger partial charge in [0.05, 0.1) is 18.1 Å². The molecule has 100 valence electrons. The molecular formula is C11H23N3O2S. The molecule has 0 rings (SSSR count). The topological polar surface area (TPSA) is 58.8 Å². The van der Waals surface area contributed by atoms with Gasteiger partial charge in [-0.25, -0.2) is 0 Å². The van der Waals surface area contributed by atoms with Gasteiger partial charge in [0, 0.05) is 33.2 Å². The Kier molecular flexibility index (Phi) is 8.93. The van der Waals surface area contributed by atoms with E-state index in [4.69, 9.17) is 22.7 Å². The van der Waals surface area contributed by atoms with Crippen molar-refractivity contribution >= 4 is 23.1 Å². The van der Waals surface area contributed by atoms with Crippen molar-refractivity contribution in [2.24, 2.45) is 5.73 Å². The molecule has 1 amide bonds. The van der Waals surface area contributed by atoms with Crippen LogP contribution in [0, 0.1) is 0 Å². The van der Waals surface area contributed by atoms with Gasteiger partial charge in [-0.15, -0.1) is 0 Å². The van der Waals surface area contributed by atoms with Crippen LogP contribution in [-0.2, 0) is 9.53 Å². The van der Waals surface area contributed by atoms with Crippen LogP contribution in [0.15, 0.2) is 0 Å². The molecule has 0 saturated carbocycles.